The van der Waals surface area contributed by atoms with Crippen molar-refractivity contribution in [3.05, 3.63) is 0 Å². The number of nitrogens with zero attached hydrogens (tertiary/aromatic N) is 1. The lowest BCUT2D eigenvalue weighted by Gasteiger charge is -2.25. The number of nitrogens with one attached hydrogen (secondary N) is 2. The number of hydrogen-bond acceptors (Lipinski definition) is 4. The van der Waals surface area contributed by atoms with Gasteiger partial charge in [-0.1, -0.05) is 0 Å². The molecule has 0 aromatic carbocycles. The van der Waals surface area contributed by atoms with Crippen molar-refractivity contribution in [3.8, 4) is 0 Å². The zero-order chi connectivity index (χ0) is 12.7. The van der Waals surface area contributed by atoms with E-state index in [1.807, 2.05) is 18.8 Å². The van der Waals surface area contributed by atoms with Crippen LogP contribution < -0.4 is 10.0 Å². The topological polar surface area (TPSA) is 61.4 Å². The fourth-order valence-electron chi connectivity index (χ4n) is 1.73. The van der Waals surface area contributed by atoms with Crippen LogP contribution in [0.15, 0.2) is 0 Å². The van der Waals surface area contributed by atoms with Crippen LogP contribution in [0.25, 0.3) is 0 Å². The van der Waals surface area contributed by atoms with E-state index < -0.39 is 10.2 Å². The molecule has 0 radical (unpaired) electrons. The molecule has 0 bridgehead atoms. The van der Waals surface area contributed by atoms with Gasteiger partial charge in [-0.25, -0.2) is 0 Å². The zero-order valence-corrected chi connectivity index (χ0v) is 12.2. The highest BCUT2D eigenvalue weighted by Gasteiger charge is 2.23. The number of rotatable bonds is 7. The van der Waals surface area contributed by atoms with Crippen LogP contribution in [0.3, 0.4) is 0 Å². The molecule has 0 saturated carbocycles. The quantitative estimate of drug-likeness (QED) is 0.657. The molecule has 1 atom stereocenters. The molecule has 0 aliphatic carbocycles. The molecule has 1 aliphatic heterocycles. The second-order valence-corrected chi connectivity index (χ2v) is 7.27. The lowest BCUT2D eigenvalue weighted by Crippen LogP contribution is -2.46. The standard InChI is InChI=1S/C10H23N3O2S2/c1-11-6-4-7-13(2)17(14,15)12-10-5-3-8-16-9-10/h10-12H,3-9H2,1-2H3. The van der Waals surface area contributed by atoms with Gasteiger partial charge < -0.3 is 5.32 Å². The van der Waals surface area contributed by atoms with E-state index in [1.54, 1.807) is 7.05 Å². The highest BCUT2D eigenvalue weighted by atomic mass is 32.2. The first-order valence-corrected chi connectivity index (χ1v) is 8.61. The lowest BCUT2D eigenvalue weighted by molar-refractivity contribution is 0.436. The fraction of sp³-hybridized carbons (Fsp3) is 1.00. The summed E-state index contributed by atoms with van der Waals surface area (Å²) < 4.78 is 28.1. The van der Waals surface area contributed by atoms with Gasteiger partial charge in [-0.2, -0.15) is 29.2 Å². The molecule has 2 N–H and O–H groups in total. The Bertz CT molecular complexity index is 303. The van der Waals surface area contributed by atoms with Gasteiger partial charge in [-0.15, -0.1) is 0 Å². The number of thioether (sulfide) groups is 1. The Balaban J connectivity index is 2.37. The van der Waals surface area contributed by atoms with Crippen molar-refractivity contribution in [1.29, 1.82) is 0 Å². The third-order valence-corrected chi connectivity index (χ3v) is 5.64. The van der Waals surface area contributed by atoms with Gasteiger partial charge in [0.15, 0.2) is 0 Å². The van der Waals surface area contributed by atoms with Crippen LogP contribution in [0.1, 0.15) is 19.3 Å². The van der Waals surface area contributed by atoms with E-state index in [0.29, 0.717) is 6.54 Å². The van der Waals surface area contributed by atoms with E-state index in [2.05, 4.69) is 10.0 Å². The molecule has 1 fully saturated rings. The highest BCUT2D eigenvalue weighted by Crippen LogP contribution is 2.17. The first-order valence-electron chi connectivity index (χ1n) is 6.02. The second kappa shape index (κ2) is 7.58. The average Bonchev–Trinajstić information content (AvgIpc) is 2.30. The summed E-state index contributed by atoms with van der Waals surface area (Å²) >= 11 is 1.82. The molecule has 5 nitrogen and oxygen atoms in total. The van der Waals surface area contributed by atoms with Gasteiger partial charge in [0, 0.05) is 25.4 Å². The van der Waals surface area contributed by atoms with Gasteiger partial charge in [0.05, 0.1) is 0 Å². The van der Waals surface area contributed by atoms with E-state index in [4.69, 9.17) is 0 Å². The Morgan fingerprint density at radius 3 is 2.82 bits per heavy atom. The molecule has 17 heavy (non-hydrogen) atoms. The minimum absolute atomic E-state index is 0.102. The van der Waals surface area contributed by atoms with Crippen molar-refractivity contribution in [2.45, 2.75) is 25.3 Å². The first kappa shape index (κ1) is 15.2. The molecule has 1 heterocycles. The van der Waals surface area contributed by atoms with Crippen LogP contribution in [0.4, 0.5) is 0 Å². The van der Waals surface area contributed by atoms with Crippen LogP contribution in [-0.2, 0) is 10.2 Å². The molecule has 7 heteroatoms. The van der Waals surface area contributed by atoms with Crippen LogP contribution >= 0.6 is 11.8 Å². The maximum atomic E-state index is 12.0. The van der Waals surface area contributed by atoms with Crippen molar-refractivity contribution in [3.63, 3.8) is 0 Å². The summed E-state index contributed by atoms with van der Waals surface area (Å²) in [6.45, 7) is 1.38. The van der Waals surface area contributed by atoms with Gasteiger partial charge in [-0.3, -0.25) is 0 Å². The van der Waals surface area contributed by atoms with E-state index >= 15 is 0 Å². The molecule has 1 rings (SSSR count). The summed E-state index contributed by atoms with van der Waals surface area (Å²) in [5, 5.41) is 3.01. The fourth-order valence-corrected chi connectivity index (χ4v) is 4.08. The Morgan fingerprint density at radius 2 is 2.24 bits per heavy atom. The molecule has 0 amide bonds. The Morgan fingerprint density at radius 1 is 1.47 bits per heavy atom. The minimum atomic E-state index is -3.30. The van der Waals surface area contributed by atoms with Crippen LogP contribution in [0, 0.1) is 0 Å². The maximum Gasteiger partial charge on any atom is 0.279 e. The maximum absolute atomic E-state index is 12.0. The summed E-state index contributed by atoms with van der Waals surface area (Å²) in [7, 11) is 0.202. The molecular weight excluding hydrogens is 258 g/mol. The van der Waals surface area contributed by atoms with Crippen molar-refractivity contribution in [2.75, 3.05) is 38.7 Å². The number of hydrogen-bond donors (Lipinski definition) is 2. The molecule has 1 saturated heterocycles. The SMILES string of the molecule is CNCCCN(C)S(=O)(=O)NC1CCCSC1. The van der Waals surface area contributed by atoms with Crippen molar-refractivity contribution < 1.29 is 8.42 Å². The van der Waals surface area contributed by atoms with Gasteiger partial charge in [0.2, 0.25) is 0 Å². The molecule has 0 spiro atoms. The lowest BCUT2D eigenvalue weighted by atomic mass is 10.2. The Kier molecular flexibility index (Phi) is 6.79. The van der Waals surface area contributed by atoms with Gasteiger partial charge in [-0.05, 0) is 38.6 Å². The largest absolute Gasteiger partial charge is 0.320 e. The van der Waals surface area contributed by atoms with E-state index in [-0.39, 0.29) is 6.04 Å². The Labute approximate surface area is 109 Å². The molecule has 1 aliphatic rings. The first-order chi connectivity index (χ1) is 8.06. The molecule has 0 aromatic heterocycles. The van der Waals surface area contributed by atoms with Crippen molar-refractivity contribution in [1.82, 2.24) is 14.3 Å². The Hall–Kier alpha value is 0.180. The van der Waals surface area contributed by atoms with Gasteiger partial charge >= 0.3 is 0 Å². The summed E-state index contributed by atoms with van der Waals surface area (Å²) in [5.41, 5.74) is 0. The van der Waals surface area contributed by atoms with Crippen LogP contribution in [0.2, 0.25) is 0 Å². The molecule has 0 aromatic rings. The average molecular weight is 281 g/mol. The summed E-state index contributed by atoms with van der Waals surface area (Å²) in [6, 6.07) is 0.102. The third kappa shape index (κ3) is 5.56. The zero-order valence-electron chi connectivity index (χ0n) is 10.6. The van der Waals surface area contributed by atoms with Gasteiger partial charge in [0.1, 0.15) is 0 Å². The third-order valence-electron chi connectivity index (χ3n) is 2.79. The molecule has 102 valence electrons. The van der Waals surface area contributed by atoms with E-state index in [9.17, 15) is 8.42 Å². The van der Waals surface area contributed by atoms with E-state index in [1.165, 1.54) is 4.31 Å². The normalized spacial score (nSPS) is 21.9. The van der Waals surface area contributed by atoms with Crippen molar-refractivity contribution in [2.24, 2.45) is 0 Å². The summed E-state index contributed by atoms with van der Waals surface area (Å²) in [6.07, 6.45) is 2.88. The summed E-state index contributed by atoms with van der Waals surface area (Å²) in [4.78, 5) is 0. The van der Waals surface area contributed by atoms with Crippen LogP contribution in [0.5, 0.6) is 0 Å². The predicted molar refractivity (Wildman–Crippen MR) is 73.6 cm³/mol. The van der Waals surface area contributed by atoms with Gasteiger partial charge in [0.25, 0.3) is 10.2 Å². The van der Waals surface area contributed by atoms with Crippen LogP contribution in [-0.4, -0.2) is 57.5 Å². The smallest absolute Gasteiger partial charge is 0.279 e. The molecule has 1 unspecified atom stereocenters. The predicted octanol–water partition coefficient (Wildman–Crippen LogP) is 0.258. The second-order valence-electron chi connectivity index (χ2n) is 4.32. The highest BCUT2D eigenvalue weighted by molar-refractivity contribution is 7.99. The van der Waals surface area contributed by atoms with Crippen molar-refractivity contribution >= 4 is 22.0 Å². The monoisotopic (exact) mass is 281 g/mol. The minimum Gasteiger partial charge on any atom is -0.320 e. The van der Waals surface area contributed by atoms with E-state index in [0.717, 1.165) is 37.3 Å². The summed E-state index contributed by atoms with van der Waals surface area (Å²) in [5.74, 6) is 2.04. The molecular formula is C10H23N3O2S2.